The van der Waals surface area contributed by atoms with E-state index in [1.165, 1.54) is 20.3 Å². The molecule has 0 aromatic rings. The number of aliphatic hydroxyl groups is 1. The number of carboxylic acids is 1. The highest BCUT2D eigenvalue weighted by atomic mass is 16.5. The van der Waals surface area contributed by atoms with Crippen molar-refractivity contribution in [2.75, 3.05) is 20.8 Å². The molecule has 0 fully saturated rings. The van der Waals surface area contributed by atoms with Crippen molar-refractivity contribution in [2.24, 2.45) is 17.3 Å². The third kappa shape index (κ3) is 2.46. The van der Waals surface area contributed by atoms with E-state index >= 15 is 0 Å². The lowest BCUT2D eigenvalue weighted by Crippen LogP contribution is -2.58. The van der Waals surface area contributed by atoms with Gasteiger partial charge in [0.1, 0.15) is 11.9 Å². The van der Waals surface area contributed by atoms with Crippen molar-refractivity contribution in [3.63, 3.8) is 0 Å². The summed E-state index contributed by atoms with van der Waals surface area (Å²) in [5.74, 6) is -1.94. The molecule has 0 aromatic carbocycles. The maximum Gasteiger partial charge on any atom is 0.303 e. The summed E-state index contributed by atoms with van der Waals surface area (Å²) in [6.07, 6.45) is 2.43. The van der Waals surface area contributed by atoms with E-state index in [4.69, 9.17) is 9.47 Å². The van der Waals surface area contributed by atoms with Crippen LogP contribution in [0.5, 0.6) is 0 Å². The Bertz CT molecular complexity index is 535. The number of hydrogen-bond donors (Lipinski definition) is 2. The van der Waals surface area contributed by atoms with E-state index in [9.17, 15) is 19.8 Å². The van der Waals surface area contributed by atoms with Crippen molar-refractivity contribution in [3.8, 4) is 0 Å². The van der Waals surface area contributed by atoms with Gasteiger partial charge in [-0.3, -0.25) is 9.59 Å². The van der Waals surface area contributed by atoms with Crippen LogP contribution in [0.25, 0.3) is 0 Å². The summed E-state index contributed by atoms with van der Waals surface area (Å²) >= 11 is 0. The van der Waals surface area contributed by atoms with Crippen LogP contribution < -0.4 is 0 Å². The second-order valence-electron chi connectivity index (χ2n) is 5.99. The van der Waals surface area contributed by atoms with E-state index in [1.54, 1.807) is 0 Å². The second-order valence-corrected chi connectivity index (χ2v) is 5.99. The maximum absolute atomic E-state index is 12.5. The molecular weight excluding hydrogens is 288 g/mol. The number of rotatable bonds is 5. The third-order valence-electron chi connectivity index (χ3n) is 4.94. The van der Waals surface area contributed by atoms with Gasteiger partial charge < -0.3 is 19.7 Å². The summed E-state index contributed by atoms with van der Waals surface area (Å²) in [5, 5.41) is 20.1. The molecule has 0 heterocycles. The van der Waals surface area contributed by atoms with Crippen molar-refractivity contribution in [1.29, 1.82) is 0 Å². The summed E-state index contributed by atoms with van der Waals surface area (Å²) in [7, 11) is 2.88. The van der Waals surface area contributed by atoms with E-state index in [1.807, 2.05) is 13.0 Å². The quantitative estimate of drug-likeness (QED) is 0.740. The molecule has 6 nitrogen and oxygen atoms in total. The zero-order valence-electron chi connectivity index (χ0n) is 13.0. The third-order valence-corrected chi connectivity index (χ3v) is 4.94. The molecule has 0 radical (unpaired) electrons. The number of ether oxygens (including phenoxy) is 2. The number of allylic oxidation sites excluding steroid dienone is 3. The molecule has 2 N–H and O–H groups in total. The molecule has 4 atom stereocenters. The molecule has 0 aromatic heterocycles. The highest BCUT2D eigenvalue weighted by molar-refractivity contribution is 5.94. The van der Waals surface area contributed by atoms with Crippen molar-refractivity contribution >= 4 is 11.8 Å². The van der Waals surface area contributed by atoms with Crippen molar-refractivity contribution in [1.82, 2.24) is 0 Å². The Hall–Kier alpha value is -1.66. The van der Waals surface area contributed by atoms with Crippen molar-refractivity contribution < 1.29 is 29.3 Å². The average Bonchev–Trinajstić information content (AvgIpc) is 2.46. The van der Waals surface area contributed by atoms with Gasteiger partial charge in [0.25, 0.3) is 0 Å². The summed E-state index contributed by atoms with van der Waals surface area (Å²) in [6, 6.07) is 0. The summed E-state index contributed by atoms with van der Waals surface area (Å²) in [5.41, 5.74) is -0.150. The van der Waals surface area contributed by atoms with Gasteiger partial charge in [-0.15, -0.1) is 0 Å². The van der Waals surface area contributed by atoms with Crippen molar-refractivity contribution in [3.05, 3.63) is 23.5 Å². The van der Waals surface area contributed by atoms with E-state index in [0.29, 0.717) is 6.42 Å². The topological polar surface area (TPSA) is 93.1 Å². The first-order valence-electron chi connectivity index (χ1n) is 7.23. The minimum Gasteiger partial charge on any atom is -0.498 e. The zero-order chi connectivity index (χ0) is 16.5. The van der Waals surface area contributed by atoms with E-state index in [0.717, 1.165) is 5.57 Å². The van der Waals surface area contributed by atoms with Gasteiger partial charge in [-0.1, -0.05) is 11.6 Å². The smallest absolute Gasteiger partial charge is 0.303 e. The zero-order valence-corrected chi connectivity index (χ0v) is 13.0. The Morgan fingerprint density at radius 2 is 2.14 bits per heavy atom. The van der Waals surface area contributed by atoms with Gasteiger partial charge in [0.15, 0.2) is 5.78 Å². The van der Waals surface area contributed by atoms with Gasteiger partial charge in [0, 0.05) is 30.4 Å². The van der Waals surface area contributed by atoms with Crippen LogP contribution in [0.3, 0.4) is 0 Å². The molecule has 22 heavy (non-hydrogen) atoms. The molecule has 0 aliphatic heterocycles. The molecule has 0 saturated carbocycles. The normalized spacial score (nSPS) is 34.5. The number of carbonyl (C=O) groups excluding carboxylic acids is 1. The van der Waals surface area contributed by atoms with Gasteiger partial charge in [-0.25, -0.2) is 0 Å². The molecule has 0 bridgehead atoms. The number of aliphatic hydroxyl groups excluding tert-OH is 1. The Labute approximate surface area is 129 Å². The number of carbonyl (C=O) groups is 2. The Morgan fingerprint density at radius 3 is 2.68 bits per heavy atom. The van der Waals surface area contributed by atoms with Crippen LogP contribution in [-0.4, -0.2) is 48.9 Å². The minimum absolute atomic E-state index is 0.0917. The van der Waals surface area contributed by atoms with Gasteiger partial charge in [-0.2, -0.15) is 0 Å². The fourth-order valence-corrected chi connectivity index (χ4v) is 3.91. The number of methoxy groups -OCH3 is 2. The predicted molar refractivity (Wildman–Crippen MR) is 78.0 cm³/mol. The Balaban J connectivity index is 2.59. The lowest BCUT2D eigenvalue weighted by molar-refractivity contribution is -0.154. The monoisotopic (exact) mass is 310 g/mol. The highest BCUT2D eigenvalue weighted by Gasteiger charge is 2.58. The number of aliphatic carboxylic acids is 1. The maximum atomic E-state index is 12.5. The molecule has 0 spiro atoms. The van der Waals surface area contributed by atoms with Crippen LogP contribution in [0, 0.1) is 17.3 Å². The largest absolute Gasteiger partial charge is 0.498 e. The van der Waals surface area contributed by atoms with Gasteiger partial charge in [0.2, 0.25) is 0 Å². The first-order chi connectivity index (χ1) is 10.4. The molecule has 2 aliphatic rings. The number of ketones is 1. The average molecular weight is 310 g/mol. The fraction of sp³-hybridized carbons (Fsp3) is 0.625. The predicted octanol–water partition coefficient (Wildman–Crippen LogP) is 1.15. The lowest BCUT2D eigenvalue weighted by atomic mass is 9.53. The van der Waals surface area contributed by atoms with Gasteiger partial charge >= 0.3 is 5.97 Å². The van der Waals surface area contributed by atoms with Crippen LogP contribution in [-0.2, 0) is 19.1 Å². The molecule has 6 heteroatoms. The van der Waals surface area contributed by atoms with Crippen LogP contribution >= 0.6 is 0 Å². The summed E-state index contributed by atoms with van der Waals surface area (Å²) in [6.45, 7) is 1.93. The van der Waals surface area contributed by atoms with Gasteiger partial charge in [-0.05, 0) is 13.3 Å². The number of hydrogen-bond acceptors (Lipinski definition) is 5. The fourth-order valence-electron chi connectivity index (χ4n) is 3.91. The molecule has 2 rings (SSSR count). The van der Waals surface area contributed by atoms with E-state index in [2.05, 4.69) is 0 Å². The van der Waals surface area contributed by atoms with Gasteiger partial charge in [0.05, 0.1) is 20.1 Å². The van der Waals surface area contributed by atoms with Crippen molar-refractivity contribution in [2.45, 2.75) is 25.9 Å². The first kappa shape index (κ1) is 16.7. The molecule has 0 amide bonds. The molecular formula is C16H22O6. The Morgan fingerprint density at radius 1 is 1.45 bits per heavy atom. The molecule has 2 aliphatic carbocycles. The van der Waals surface area contributed by atoms with Crippen LogP contribution in [0.2, 0.25) is 0 Å². The standard InChI is InChI=1S/C16H22O6/c1-9-4-5-10-12(17)7-13(22-3)15(20)16(10,8-21-2)11(9)6-14(18)19/h4,7,10-11,15,20H,5-6,8H2,1-3H3,(H,18,19). The highest BCUT2D eigenvalue weighted by Crippen LogP contribution is 2.53. The van der Waals surface area contributed by atoms with Crippen LogP contribution in [0.15, 0.2) is 23.5 Å². The second kappa shape index (κ2) is 6.22. The van der Waals surface area contributed by atoms with Crippen LogP contribution in [0.4, 0.5) is 0 Å². The summed E-state index contributed by atoms with van der Waals surface area (Å²) in [4.78, 5) is 23.8. The molecule has 4 unspecified atom stereocenters. The number of fused-ring (bicyclic) bond motifs is 1. The van der Waals surface area contributed by atoms with E-state index < -0.39 is 29.3 Å². The number of carboxylic acid groups (broad SMARTS) is 1. The first-order valence-corrected chi connectivity index (χ1v) is 7.23. The lowest BCUT2D eigenvalue weighted by Gasteiger charge is -2.52. The van der Waals surface area contributed by atoms with E-state index in [-0.39, 0.29) is 24.6 Å². The minimum atomic E-state index is -1.08. The SMILES string of the molecule is COCC12C(O)C(OC)=CC(=O)C1CC=C(C)C2CC(=O)O. The molecule has 122 valence electrons. The van der Waals surface area contributed by atoms with Crippen LogP contribution in [0.1, 0.15) is 19.8 Å². The summed E-state index contributed by atoms with van der Waals surface area (Å²) < 4.78 is 10.4. The molecule has 0 saturated heterocycles. The Kier molecular flexibility index (Phi) is 4.72.